The molecule has 1 spiro atoms. The van der Waals surface area contributed by atoms with Gasteiger partial charge in [0.05, 0.1) is 0 Å². The Bertz CT molecular complexity index is 417. The SMILES string of the molecule is O=C1CC[C@@]2(CCCN(Cc3cccs3)CC2)N1. The highest BCUT2D eigenvalue weighted by atomic mass is 32.1. The Kier molecular flexibility index (Phi) is 3.39. The Morgan fingerprint density at radius 3 is 3.00 bits per heavy atom. The van der Waals surface area contributed by atoms with E-state index in [0.29, 0.717) is 0 Å². The quantitative estimate of drug-likeness (QED) is 0.889. The zero-order valence-electron chi connectivity index (χ0n) is 10.7. The highest BCUT2D eigenvalue weighted by molar-refractivity contribution is 7.09. The van der Waals surface area contributed by atoms with E-state index in [0.717, 1.165) is 45.3 Å². The summed E-state index contributed by atoms with van der Waals surface area (Å²) in [7, 11) is 0. The van der Waals surface area contributed by atoms with Crippen molar-refractivity contribution in [2.75, 3.05) is 13.1 Å². The Balaban J connectivity index is 1.60. The summed E-state index contributed by atoms with van der Waals surface area (Å²) in [6.45, 7) is 3.34. The molecule has 0 bridgehead atoms. The molecule has 0 radical (unpaired) electrons. The highest BCUT2D eigenvalue weighted by Crippen LogP contribution is 2.31. The van der Waals surface area contributed by atoms with E-state index in [2.05, 4.69) is 27.7 Å². The molecule has 1 atom stereocenters. The van der Waals surface area contributed by atoms with E-state index in [9.17, 15) is 4.79 Å². The van der Waals surface area contributed by atoms with E-state index in [-0.39, 0.29) is 11.4 Å². The fourth-order valence-corrected chi connectivity index (χ4v) is 3.93. The molecule has 1 aromatic heterocycles. The Morgan fingerprint density at radius 1 is 1.33 bits per heavy atom. The first-order valence-electron chi connectivity index (χ1n) is 6.82. The predicted octanol–water partition coefficient (Wildman–Crippen LogP) is 2.38. The number of likely N-dealkylation sites (tertiary alicyclic amines) is 1. The molecule has 2 saturated heterocycles. The first-order valence-corrected chi connectivity index (χ1v) is 7.70. The van der Waals surface area contributed by atoms with Gasteiger partial charge in [-0.25, -0.2) is 0 Å². The molecule has 4 heteroatoms. The molecule has 3 heterocycles. The monoisotopic (exact) mass is 264 g/mol. The van der Waals surface area contributed by atoms with Crippen molar-refractivity contribution in [3.05, 3.63) is 22.4 Å². The van der Waals surface area contributed by atoms with Crippen molar-refractivity contribution in [1.82, 2.24) is 10.2 Å². The third-order valence-electron chi connectivity index (χ3n) is 4.23. The van der Waals surface area contributed by atoms with Gasteiger partial charge in [0.25, 0.3) is 0 Å². The smallest absolute Gasteiger partial charge is 0.220 e. The standard InChI is InChI=1S/C14H20N2OS/c17-13-4-6-14(15-13)5-2-8-16(9-7-14)11-12-3-1-10-18-12/h1,3,10H,2,4-9,11H2,(H,15,17)/t14-/m1/s1. The first-order chi connectivity index (χ1) is 8.76. The minimum atomic E-state index is 0.126. The van der Waals surface area contributed by atoms with Crippen molar-refractivity contribution >= 4 is 17.2 Å². The van der Waals surface area contributed by atoms with Crippen LogP contribution in [0.5, 0.6) is 0 Å². The van der Waals surface area contributed by atoms with Gasteiger partial charge in [0, 0.05) is 29.9 Å². The molecule has 2 aliphatic rings. The summed E-state index contributed by atoms with van der Waals surface area (Å²) in [4.78, 5) is 15.4. The van der Waals surface area contributed by atoms with E-state index in [1.54, 1.807) is 0 Å². The zero-order chi connectivity index (χ0) is 12.4. The number of hydrogen-bond acceptors (Lipinski definition) is 3. The van der Waals surface area contributed by atoms with Gasteiger partial charge in [0.2, 0.25) is 5.91 Å². The predicted molar refractivity (Wildman–Crippen MR) is 73.6 cm³/mol. The lowest BCUT2D eigenvalue weighted by Crippen LogP contribution is -2.42. The van der Waals surface area contributed by atoms with Crippen molar-refractivity contribution in [3.8, 4) is 0 Å². The second-order valence-corrected chi connectivity index (χ2v) is 6.57. The molecule has 2 fully saturated rings. The second-order valence-electron chi connectivity index (χ2n) is 5.54. The maximum Gasteiger partial charge on any atom is 0.220 e. The molecule has 1 N–H and O–H groups in total. The van der Waals surface area contributed by atoms with Crippen molar-refractivity contribution in [3.63, 3.8) is 0 Å². The average Bonchev–Trinajstić information content (AvgIpc) is 2.92. The van der Waals surface area contributed by atoms with Crippen molar-refractivity contribution in [2.45, 2.75) is 44.2 Å². The maximum atomic E-state index is 11.4. The Hall–Kier alpha value is -0.870. The van der Waals surface area contributed by atoms with E-state index < -0.39 is 0 Å². The summed E-state index contributed by atoms with van der Waals surface area (Å²) in [6.07, 6.45) is 5.24. The van der Waals surface area contributed by atoms with Crippen LogP contribution in [0.15, 0.2) is 17.5 Å². The molecule has 0 saturated carbocycles. The fourth-order valence-electron chi connectivity index (χ4n) is 3.18. The summed E-state index contributed by atoms with van der Waals surface area (Å²) in [5.41, 5.74) is 0.126. The van der Waals surface area contributed by atoms with Gasteiger partial charge in [-0.15, -0.1) is 11.3 Å². The van der Waals surface area contributed by atoms with Gasteiger partial charge in [0.1, 0.15) is 0 Å². The second kappa shape index (κ2) is 5.02. The van der Waals surface area contributed by atoms with Crippen LogP contribution in [0.2, 0.25) is 0 Å². The van der Waals surface area contributed by atoms with Crippen molar-refractivity contribution in [1.29, 1.82) is 0 Å². The van der Waals surface area contributed by atoms with Gasteiger partial charge in [-0.1, -0.05) is 6.07 Å². The van der Waals surface area contributed by atoms with Crippen LogP contribution < -0.4 is 5.32 Å². The molecule has 0 aliphatic carbocycles. The van der Waals surface area contributed by atoms with Crippen LogP contribution in [0.4, 0.5) is 0 Å². The minimum absolute atomic E-state index is 0.126. The van der Waals surface area contributed by atoms with Crippen LogP contribution in [0, 0.1) is 0 Å². The van der Waals surface area contributed by atoms with Gasteiger partial charge < -0.3 is 5.32 Å². The number of amides is 1. The van der Waals surface area contributed by atoms with Gasteiger partial charge in [-0.05, 0) is 43.7 Å². The summed E-state index contributed by atoms with van der Waals surface area (Å²) in [5, 5.41) is 5.37. The number of hydrogen-bond donors (Lipinski definition) is 1. The fraction of sp³-hybridized carbons (Fsp3) is 0.643. The van der Waals surface area contributed by atoms with E-state index in [1.165, 1.54) is 11.3 Å². The van der Waals surface area contributed by atoms with Gasteiger partial charge in [0.15, 0.2) is 0 Å². The van der Waals surface area contributed by atoms with Gasteiger partial charge >= 0.3 is 0 Å². The number of nitrogens with one attached hydrogen (secondary N) is 1. The lowest BCUT2D eigenvalue weighted by Gasteiger charge is -2.27. The molecule has 2 aliphatic heterocycles. The summed E-state index contributed by atoms with van der Waals surface area (Å²) in [5.74, 6) is 0.252. The zero-order valence-corrected chi connectivity index (χ0v) is 11.5. The third-order valence-corrected chi connectivity index (χ3v) is 5.09. The molecule has 98 valence electrons. The molecule has 0 aromatic carbocycles. The normalized spacial score (nSPS) is 29.4. The molecule has 3 nitrogen and oxygen atoms in total. The lowest BCUT2D eigenvalue weighted by molar-refractivity contribution is -0.119. The number of carbonyl (C=O) groups excluding carboxylic acids is 1. The number of thiophene rings is 1. The van der Waals surface area contributed by atoms with Crippen LogP contribution in [0.1, 0.15) is 37.0 Å². The topological polar surface area (TPSA) is 32.3 Å². The average molecular weight is 264 g/mol. The number of nitrogens with zero attached hydrogens (tertiary/aromatic N) is 1. The van der Waals surface area contributed by atoms with Gasteiger partial charge in [-0.3, -0.25) is 9.69 Å². The first kappa shape index (κ1) is 12.2. The minimum Gasteiger partial charge on any atom is -0.351 e. The van der Waals surface area contributed by atoms with Crippen molar-refractivity contribution in [2.24, 2.45) is 0 Å². The number of carbonyl (C=O) groups is 1. The van der Waals surface area contributed by atoms with Crippen LogP contribution in [0.25, 0.3) is 0 Å². The van der Waals surface area contributed by atoms with Crippen LogP contribution >= 0.6 is 11.3 Å². The molecule has 0 unspecified atom stereocenters. The summed E-state index contributed by atoms with van der Waals surface area (Å²) in [6, 6.07) is 4.33. The molecular formula is C14H20N2OS. The molecule has 3 rings (SSSR count). The van der Waals surface area contributed by atoms with E-state index >= 15 is 0 Å². The molecular weight excluding hydrogens is 244 g/mol. The Morgan fingerprint density at radius 2 is 2.28 bits per heavy atom. The number of rotatable bonds is 2. The Labute approximate surface area is 112 Å². The van der Waals surface area contributed by atoms with Crippen molar-refractivity contribution < 1.29 is 4.79 Å². The highest BCUT2D eigenvalue weighted by Gasteiger charge is 2.38. The van der Waals surface area contributed by atoms with Crippen LogP contribution in [-0.2, 0) is 11.3 Å². The third kappa shape index (κ3) is 2.59. The molecule has 1 amide bonds. The molecule has 1 aromatic rings. The molecule has 18 heavy (non-hydrogen) atoms. The van der Waals surface area contributed by atoms with Crippen LogP contribution in [0.3, 0.4) is 0 Å². The summed E-state index contributed by atoms with van der Waals surface area (Å²) >= 11 is 1.84. The lowest BCUT2D eigenvalue weighted by atomic mass is 9.89. The van der Waals surface area contributed by atoms with E-state index in [4.69, 9.17) is 0 Å². The largest absolute Gasteiger partial charge is 0.351 e. The van der Waals surface area contributed by atoms with E-state index in [1.807, 2.05) is 11.3 Å². The van der Waals surface area contributed by atoms with Crippen LogP contribution in [-0.4, -0.2) is 29.4 Å². The van der Waals surface area contributed by atoms with Gasteiger partial charge in [-0.2, -0.15) is 0 Å². The maximum absolute atomic E-state index is 11.4. The summed E-state index contributed by atoms with van der Waals surface area (Å²) < 4.78 is 0.